The van der Waals surface area contributed by atoms with Gasteiger partial charge in [-0.2, -0.15) is 0 Å². The predicted octanol–water partition coefficient (Wildman–Crippen LogP) is 1.75. The lowest BCUT2D eigenvalue weighted by molar-refractivity contribution is 0.544. The van der Waals surface area contributed by atoms with E-state index in [9.17, 15) is 0 Å². The molecule has 36 valence electrons. The zero-order valence-corrected chi connectivity index (χ0v) is 4.02. The van der Waals surface area contributed by atoms with Gasteiger partial charge in [-0.3, -0.25) is 0 Å². The summed E-state index contributed by atoms with van der Waals surface area (Å²) in [6, 6.07) is 1.10. The summed E-state index contributed by atoms with van der Waals surface area (Å²) < 4.78 is 14.6. The van der Waals surface area contributed by atoms with Gasteiger partial charge in [-0.05, 0) is 12.3 Å². The number of fused-ring (bicyclic) bond motifs is 1. The Labute approximate surface area is 46.3 Å². The zero-order chi connectivity index (χ0) is 6.43. The van der Waals surface area contributed by atoms with E-state index < -0.39 is 0 Å². The van der Waals surface area contributed by atoms with Gasteiger partial charge in [0.2, 0.25) is 0 Å². The van der Waals surface area contributed by atoms with E-state index in [-0.39, 0.29) is 0 Å². The molecule has 0 radical (unpaired) electrons. The molecule has 2 unspecified atom stereocenters. The first-order valence-electron chi connectivity index (χ1n) is 3.64. The predicted molar refractivity (Wildman–Crippen MR) is 29.9 cm³/mol. The van der Waals surface area contributed by atoms with Crippen LogP contribution in [-0.2, 0) is 0 Å². The molecule has 0 nitrogen and oxygen atoms in total. The Balaban J connectivity index is 2.32. The Bertz CT molecular complexity index is 203. The molecule has 0 saturated heterocycles. The Kier molecular flexibility index (Phi) is 0.310. The highest BCUT2D eigenvalue weighted by Gasteiger charge is 2.23. The van der Waals surface area contributed by atoms with Crippen LogP contribution in [0.1, 0.15) is 9.16 Å². The van der Waals surface area contributed by atoms with Crippen LogP contribution in [0, 0.1) is 11.8 Å². The SMILES string of the molecule is [2H]C1=C([2H])C2CC=CC12. The molecule has 0 aliphatic heterocycles. The van der Waals surface area contributed by atoms with Crippen LogP contribution in [0.2, 0.25) is 0 Å². The highest BCUT2D eigenvalue weighted by atomic mass is 14.3. The van der Waals surface area contributed by atoms with Crippen molar-refractivity contribution in [1.29, 1.82) is 0 Å². The minimum absolute atomic E-state index is 0.317. The van der Waals surface area contributed by atoms with Crippen LogP contribution >= 0.6 is 0 Å². The van der Waals surface area contributed by atoms with E-state index in [1.54, 1.807) is 0 Å². The number of rotatable bonds is 0. The van der Waals surface area contributed by atoms with Crippen LogP contribution < -0.4 is 0 Å². The van der Waals surface area contributed by atoms with Crippen molar-refractivity contribution in [3.05, 3.63) is 24.3 Å². The molecule has 0 heteroatoms. The molecule has 2 aliphatic carbocycles. The maximum Gasteiger partial charge on any atom is 0.0579 e. The summed E-state index contributed by atoms with van der Waals surface area (Å²) in [5, 5.41) is 0. The maximum atomic E-state index is 7.30. The van der Waals surface area contributed by atoms with Crippen LogP contribution in [-0.4, -0.2) is 0 Å². The topological polar surface area (TPSA) is 0 Å². The molecule has 7 heavy (non-hydrogen) atoms. The summed E-state index contributed by atoms with van der Waals surface area (Å²) in [6.45, 7) is 0. The second kappa shape index (κ2) is 1.00. The van der Waals surface area contributed by atoms with E-state index in [2.05, 4.69) is 6.08 Å². The quantitative estimate of drug-likeness (QED) is 0.401. The van der Waals surface area contributed by atoms with Gasteiger partial charge in [-0.15, -0.1) is 0 Å². The molecule has 0 fully saturated rings. The second-order valence-corrected chi connectivity index (χ2v) is 2.08. The highest BCUT2D eigenvalue weighted by Crippen LogP contribution is 2.34. The van der Waals surface area contributed by atoms with Gasteiger partial charge in [0.15, 0.2) is 0 Å². The molecule has 2 aliphatic rings. The van der Waals surface area contributed by atoms with Crippen molar-refractivity contribution in [2.45, 2.75) is 6.42 Å². The molecule has 0 bridgehead atoms. The molecule has 2 atom stereocenters. The molecule has 0 aromatic rings. The van der Waals surface area contributed by atoms with Gasteiger partial charge in [0.05, 0.1) is 2.74 Å². The Morgan fingerprint density at radius 1 is 1.57 bits per heavy atom. The van der Waals surface area contributed by atoms with E-state index in [1.165, 1.54) is 0 Å². The molecule has 2 rings (SSSR count). The number of hydrogen-bond acceptors (Lipinski definition) is 0. The molecule has 0 N–H and O–H groups in total. The van der Waals surface area contributed by atoms with E-state index in [0.29, 0.717) is 23.9 Å². The van der Waals surface area contributed by atoms with E-state index >= 15 is 0 Å². The van der Waals surface area contributed by atoms with Crippen molar-refractivity contribution in [1.82, 2.24) is 0 Å². The van der Waals surface area contributed by atoms with Gasteiger partial charge in [0.1, 0.15) is 0 Å². The van der Waals surface area contributed by atoms with Crippen molar-refractivity contribution in [2.75, 3.05) is 0 Å². The van der Waals surface area contributed by atoms with E-state index in [4.69, 9.17) is 2.74 Å². The lowest BCUT2D eigenvalue weighted by Crippen LogP contribution is -2.10. The fraction of sp³-hybridized carbons (Fsp3) is 0.429. The standard InChI is InChI=1S/C7H8/c1-2-6-4-5-7(6)3-1/h1-2,4-7H,3H2/i4D,5D. The highest BCUT2D eigenvalue weighted by molar-refractivity contribution is 5.22. The second-order valence-electron chi connectivity index (χ2n) is 2.08. The van der Waals surface area contributed by atoms with Crippen molar-refractivity contribution < 1.29 is 2.74 Å². The molecule has 0 spiro atoms. The minimum Gasteiger partial charge on any atom is -0.0873 e. The van der Waals surface area contributed by atoms with E-state index in [1.807, 2.05) is 6.08 Å². The van der Waals surface area contributed by atoms with Gasteiger partial charge in [0.25, 0.3) is 0 Å². The summed E-state index contributed by atoms with van der Waals surface area (Å²) in [5.74, 6) is 0.704. The zero-order valence-electron chi connectivity index (χ0n) is 6.02. The average Bonchev–Trinajstić information content (AvgIpc) is 2.30. The fourth-order valence-electron chi connectivity index (χ4n) is 1.06. The van der Waals surface area contributed by atoms with Crippen LogP contribution in [0.4, 0.5) is 0 Å². The first-order chi connectivity index (χ1) is 4.30. The smallest absolute Gasteiger partial charge is 0.0579 e. The van der Waals surface area contributed by atoms with Crippen LogP contribution in [0.3, 0.4) is 0 Å². The Hall–Kier alpha value is -0.520. The summed E-state index contributed by atoms with van der Waals surface area (Å²) in [6.07, 6.45) is 5.11. The maximum absolute atomic E-state index is 7.30. The number of hydrogen-bond donors (Lipinski definition) is 0. The lowest BCUT2D eigenvalue weighted by atomic mass is 9.85. The minimum atomic E-state index is 0.317. The Morgan fingerprint density at radius 2 is 2.57 bits per heavy atom. The largest absolute Gasteiger partial charge is 0.0873 e. The monoisotopic (exact) mass is 94.1 g/mol. The lowest BCUT2D eigenvalue weighted by Gasteiger charge is -2.19. The van der Waals surface area contributed by atoms with Crippen molar-refractivity contribution >= 4 is 0 Å². The van der Waals surface area contributed by atoms with Crippen LogP contribution in [0.25, 0.3) is 0 Å². The molecule has 0 amide bonds. The third kappa shape index (κ3) is 0.317. The summed E-state index contributed by atoms with van der Waals surface area (Å²) >= 11 is 0. The van der Waals surface area contributed by atoms with Crippen molar-refractivity contribution in [3.8, 4) is 0 Å². The summed E-state index contributed by atoms with van der Waals surface area (Å²) in [5.41, 5.74) is 0. The van der Waals surface area contributed by atoms with E-state index in [0.717, 1.165) is 6.42 Å². The molecule has 0 aromatic heterocycles. The Morgan fingerprint density at radius 3 is 3.43 bits per heavy atom. The van der Waals surface area contributed by atoms with Gasteiger partial charge in [0, 0.05) is 5.92 Å². The molecule has 0 heterocycles. The van der Waals surface area contributed by atoms with Crippen LogP contribution in [0.15, 0.2) is 24.3 Å². The van der Waals surface area contributed by atoms with Gasteiger partial charge < -0.3 is 0 Å². The first-order valence-corrected chi connectivity index (χ1v) is 2.64. The molecule has 0 saturated carbocycles. The van der Waals surface area contributed by atoms with Gasteiger partial charge in [-0.1, -0.05) is 24.3 Å². The normalized spacial score (nSPS) is 50.3. The molecule has 0 aromatic carbocycles. The summed E-state index contributed by atoms with van der Waals surface area (Å²) in [7, 11) is 0. The van der Waals surface area contributed by atoms with Gasteiger partial charge >= 0.3 is 0 Å². The first kappa shape index (κ1) is 2.17. The molecular weight excluding hydrogens is 84.1 g/mol. The average molecular weight is 94.2 g/mol. The van der Waals surface area contributed by atoms with Crippen molar-refractivity contribution in [2.24, 2.45) is 11.8 Å². The third-order valence-corrected chi connectivity index (χ3v) is 1.60. The number of allylic oxidation sites excluding steroid dienone is 4. The van der Waals surface area contributed by atoms with Crippen molar-refractivity contribution in [3.63, 3.8) is 0 Å². The summed E-state index contributed by atoms with van der Waals surface area (Å²) in [4.78, 5) is 0. The third-order valence-electron chi connectivity index (χ3n) is 1.60. The van der Waals surface area contributed by atoms with Crippen LogP contribution in [0.5, 0.6) is 0 Å². The fourth-order valence-corrected chi connectivity index (χ4v) is 1.06. The van der Waals surface area contributed by atoms with Gasteiger partial charge in [-0.25, -0.2) is 0 Å². The molecular formula is C7H8.